The van der Waals surface area contributed by atoms with E-state index in [1.807, 2.05) is 0 Å². The molecule has 12 heavy (non-hydrogen) atoms. The van der Waals surface area contributed by atoms with Crippen molar-refractivity contribution in [1.82, 2.24) is 4.89 Å². The van der Waals surface area contributed by atoms with Crippen molar-refractivity contribution in [3.63, 3.8) is 0 Å². The fourth-order valence-corrected chi connectivity index (χ4v) is 0.526. The van der Waals surface area contributed by atoms with E-state index in [0.717, 1.165) is 6.26 Å². The van der Waals surface area contributed by atoms with Crippen LogP contribution in [0.5, 0.6) is 0 Å². The van der Waals surface area contributed by atoms with Gasteiger partial charge in [-0.05, 0) is 4.89 Å². The van der Waals surface area contributed by atoms with E-state index < -0.39 is 28.4 Å². The highest BCUT2D eigenvalue weighted by Crippen LogP contribution is 1.84. The normalized spacial score (nSPS) is 10.8. The van der Waals surface area contributed by atoms with Gasteiger partial charge in [-0.1, -0.05) is 0 Å². The second-order valence-corrected chi connectivity index (χ2v) is 3.61. The summed E-state index contributed by atoms with van der Waals surface area (Å²) in [5, 5.41) is 8.04. The van der Waals surface area contributed by atoms with Gasteiger partial charge in [-0.3, -0.25) is 4.79 Å². The van der Waals surface area contributed by atoms with Gasteiger partial charge < -0.3 is 9.94 Å². The molecule has 0 fully saturated rings. The number of sulfonamides is 1. The van der Waals surface area contributed by atoms with Gasteiger partial charge in [0.05, 0.1) is 6.26 Å². The molecule has 0 unspecified atom stereocenters. The van der Waals surface area contributed by atoms with Crippen molar-refractivity contribution in [3.8, 4) is 0 Å². The van der Waals surface area contributed by atoms with Crippen molar-refractivity contribution in [1.29, 1.82) is 0 Å². The van der Waals surface area contributed by atoms with Gasteiger partial charge in [-0.25, -0.2) is 13.2 Å². The van der Waals surface area contributed by atoms with Gasteiger partial charge in [0.2, 0.25) is 10.0 Å². The van der Waals surface area contributed by atoms with E-state index in [-0.39, 0.29) is 0 Å². The lowest BCUT2D eigenvalue weighted by atomic mass is 10.5. The molecular formula is C4H7NO6S. The first-order valence-electron chi connectivity index (χ1n) is 2.69. The molecule has 0 amide bonds. The summed E-state index contributed by atoms with van der Waals surface area (Å²) in [4.78, 5) is 25.5. The second kappa shape index (κ2) is 4.02. The molecule has 0 spiro atoms. The summed E-state index contributed by atoms with van der Waals surface area (Å²) < 4.78 is 20.6. The summed E-state index contributed by atoms with van der Waals surface area (Å²) in [5.41, 5.74) is 0. The predicted molar refractivity (Wildman–Crippen MR) is 36.3 cm³/mol. The number of rotatable bonds is 4. The molecule has 0 atom stereocenters. The van der Waals surface area contributed by atoms with Gasteiger partial charge in [0.1, 0.15) is 6.42 Å². The summed E-state index contributed by atoms with van der Waals surface area (Å²) >= 11 is 0. The maximum Gasteiger partial charge on any atom is 0.337 e. The van der Waals surface area contributed by atoms with Gasteiger partial charge in [-0.2, -0.15) is 0 Å². The monoisotopic (exact) mass is 197 g/mol. The van der Waals surface area contributed by atoms with Crippen LogP contribution in [0.3, 0.4) is 0 Å². The first-order chi connectivity index (χ1) is 5.31. The van der Waals surface area contributed by atoms with E-state index in [1.165, 1.54) is 4.89 Å². The van der Waals surface area contributed by atoms with Gasteiger partial charge in [0.25, 0.3) is 0 Å². The van der Waals surface area contributed by atoms with Crippen LogP contribution >= 0.6 is 0 Å². The third kappa shape index (κ3) is 6.96. The average molecular weight is 197 g/mol. The molecule has 0 saturated heterocycles. The van der Waals surface area contributed by atoms with Crippen molar-refractivity contribution in [2.45, 2.75) is 6.42 Å². The Morgan fingerprint density at radius 1 is 1.50 bits per heavy atom. The fraction of sp³-hybridized carbons (Fsp3) is 0.500. The van der Waals surface area contributed by atoms with Crippen LogP contribution in [0.25, 0.3) is 0 Å². The summed E-state index contributed by atoms with van der Waals surface area (Å²) in [6.07, 6.45) is -0.121. The molecule has 0 aliphatic rings. The Hall–Kier alpha value is -1.15. The Morgan fingerprint density at radius 3 is 2.33 bits per heavy atom. The summed E-state index contributed by atoms with van der Waals surface area (Å²) in [6.45, 7) is 0. The molecule has 0 aromatic carbocycles. The molecule has 7 nitrogen and oxygen atoms in total. The van der Waals surface area contributed by atoms with Crippen molar-refractivity contribution in [2.75, 3.05) is 6.26 Å². The quantitative estimate of drug-likeness (QED) is 0.418. The van der Waals surface area contributed by atoms with E-state index in [0.29, 0.717) is 0 Å². The number of carbonyl (C=O) groups excluding carboxylic acids is 1. The fourth-order valence-electron chi connectivity index (χ4n) is 0.282. The van der Waals surface area contributed by atoms with E-state index in [2.05, 4.69) is 4.84 Å². The van der Waals surface area contributed by atoms with Crippen molar-refractivity contribution in [3.05, 3.63) is 0 Å². The van der Waals surface area contributed by atoms with Crippen LogP contribution in [-0.2, 0) is 24.4 Å². The maximum absolute atomic E-state index is 10.4. The summed E-state index contributed by atoms with van der Waals surface area (Å²) in [7, 11) is -3.64. The van der Waals surface area contributed by atoms with E-state index in [4.69, 9.17) is 5.11 Å². The van der Waals surface area contributed by atoms with Crippen LogP contribution in [0.15, 0.2) is 0 Å². The molecule has 70 valence electrons. The second-order valence-electron chi connectivity index (χ2n) is 1.90. The van der Waals surface area contributed by atoms with Crippen LogP contribution in [0.1, 0.15) is 6.42 Å². The first kappa shape index (κ1) is 10.8. The number of aliphatic carboxylic acids is 1. The van der Waals surface area contributed by atoms with Gasteiger partial charge in [-0.15, -0.1) is 0 Å². The SMILES string of the molecule is CS(=O)(=O)NOC(=O)CC(=O)O. The highest BCUT2D eigenvalue weighted by atomic mass is 32.2. The zero-order valence-corrected chi connectivity index (χ0v) is 6.92. The minimum atomic E-state index is -3.64. The topological polar surface area (TPSA) is 110 Å². The molecule has 0 heterocycles. The molecule has 0 aliphatic carbocycles. The molecule has 0 aromatic heterocycles. The molecule has 0 saturated carbocycles. The van der Waals surface area contributed by atoms with Crippen LogP contribution in [0.2, 0.25) is 0 Å². The number of carboxylic acids is 1. The molecule has 0 radical (unpaired) electrons. The smallest absolute Gasteiger partial charge is 0.337 e. The molecule has 0 rings (SSSR count). The van der Waals surface area contributed by atoms with Crippen molar-refractivity contribution >= 4 is 22.0 Å². The van der Waals surface area contributed by atoms with Crippen LogP contribution < -0.4 is 4.89 Å². The van der Waals surface area contributed by atoms with E-state index in [1.54, 1.807) is 0 Å². The molecule has 8 heteroatoms. The van der Waals surface area contributed by atoms with Crippen LogP contribution in [0.4, 0.5) is 0 Å². The average Bonchev–Trinajstić information content (AvgIpc) is 1.80. The predicted octanol–water partition coefficient (Wildman–Crippen LogP) is -1.53. The van der Waals surface area contributed by atoms with Crippen molar-refractivity contribution < 1.29 is 28.0 Å². The lowest BCUT2D eigenvalue weighted by molar-refractivity contribution is -0.153. The largest absolute Gasteiger partial charge is 0.481 e. The van der Waals surface area contributed by atoms with Gasteiger partial charge >= 0.3 is 11.9 Å². The van der Waals surface area contributed by atoms with Gasteiger partial charge in [0, 0.05) is 0 Å². The Bertz CT molecular complexity index is 280. The zero-order valence-electron chi connectivity index (χ0n) is 6.10. The molecule has 0 bridgehead atoms. The van der Waals surface area contributed by atoms with E-state index in [9.17, 15) is 18.0 Å². The first-order valence-corrected chi connectivity index (χ1v) is 4.58. The zero-order chi connectivity index (χ0) is 9.78. The third-order valence-electron chi connectivity index (χ3n) is 0.602. The Balaban J connectivity index is 3.81. The lowest BCUT2D eigenvalue weighted by Crippen LogP contribution is -2.26. The number of hydrogen-bond acceptors (Lipinski definition) is 5. The number of nitrogens with one attached hydrogen (secondary N) is 1. The maximum atomic E-state index is 10.4. The van der Waals surface area contributed by atoms with E-state index >= 15 is 0 Å². The highest BCUT2D eigenvalue weighted by Gasteiger charge is 2.11. The molecule has 0 aliphatic heterocycles. The Kier molecular flexibility index (Phi) is 3.64. The summed E-state index contributed by atoms with van der Waals surface area (Å²) in [6, 6.07) is 0. The molecule has 0 aromatic rings. The van der Waals surface area contributed by atoms with Gasteiger partial charge in [0.15, 0.2) is 0 Å². The number of carboxylic acid groups (broad SMARTS) is 1. The minimum Gasteiger partial charge on any atom is -0.481 e. The van der Waals surface area contributed by atoms with Crippen molar-refractivity contribution in [2.24, 2.45) is 0 Å². The Morgan fingerprint density at radius 2 is 2.00 bits per heavy atom. The molecular weight excluding hydrogens is 190 g/mol. The number of hydrogen-bond donors (Lipinski definition) is 2. The third-order valence-corrected chi connectivity index (χ3v) is 0.989. The standard InChI is InChI=1S/C4H7NO6S/c1-12(9,10)5-11-4(8)2-3(6)7/h5H,2H2,1H3,(H,6,7). The Labute approximate surface area is 68.3 Å². The minimum absolute atomic E-state index is 0.765. The summed E-state index contributed by atoms with van der Waals surface area (Å²) in [5.74, 6) is -2.57. The van der Waals surface area contributed by atoms with Crippen LogP contribution in [-0.4, -0.2) is 31.7 Å². The highest BCUT2D eigenvalue weighted by molar-refractivity contribution is 7.88. The molecule has 2 N–H and O–H groups in total. The lowest BCUT2D eigenvalue weighted by Gasteiger charge is -2.00. The number of carbonyl (C=O) groups is 2. The van der Waals surface area contributed by atoms with Crippen LogP contribution in [0, 0.1) is 0 Å².